The molecule has 0 bridgehead atoms. The third-order valence-electron chi connectivity index (χ3n) is 3.71. The van der Waals surface area contributed by atoms with E-state index in [-0.39, 0.29) is 16.8 Å². The molecule has 0 fully saturated rings. The summed E-state index contributed by atoms with van der Waals surface area (Å²) in [5.41, 5.74) is 1.56. The number of carbonyl (C=O) groups excluding carboxylic acids is 1. The highest BCUT2D eigenvalue weighted by Gasteiger charge is 2.21. The Morgan fingerprint density at radius 2 is 1.74 bits per heavy atom. The van der Waals surface area contributed by atoms with E-state index in [2.05, 4.69) is 15.5 Å². The van der Waals surface area contributed by atoms with Gasteiger partial charge in [0.05, 0.1) is 12.0 Å². The molecule has 3 aromatic rings. The Bertz CT molecular complexity index is 1040. The maximum atomic E-state index is 12.3. The maximum absolute atomic E-state index is 12.3. The van der Waals surface area contributed by atoms with Crippen molar-refractivity contribution in [2.45, 2.75) is 11.8 Å². The molecule has 1 N–H and O–H groups in total. The van der Waals surface area contributed by atoms with Gasteiger partial charge in [-0.25, -0.2) is 8.42 Å². The zero-order valence-electron chi connectivity index (χ0n) is 14.7. The number of aromatic nitrogens is 2. The van der Waals surface area contributed by atoms with Crippen molar-refractivity contribution in [2.75, 3.05) is 18.2 Å². The number of nitrogens with one attached hydrogen (secondary N) is 1. The van der Waals surface area contributed by atoms with Gasteiger partial charge in [-0.05, 0) is 43.3 Å². The Morgan fingerprint density at radius 1 is 1.07 bits per heavy atom. The van der Waals surface area contributed by atoms with Gasteiger partial charge in [0, 0.05) is 5.56 Å². The number of benzene rings is 2. The molecule has 3 rings (SSSR count). The Balaban J connectivity index is 1.67. The van der Waals surface area contributed by atoms with Crippen molar-refractivity contribution in [2.24, 2.45) is 0 Å². The summed E-state index contributed by atoms with van der Waals surface area (Å²) < 4.78 is 35.0. The highest BCUT2D eigenvalue weighted by Crippen LogP contribution is 2.22. The Labute approximate surface area is 156 Å². The molecule has 0 saturated carbocycles. The number of anilines is 1. The summed E-state index contributed by atoms with van der Waals surface area (Å²) in [6.07, 6.45) is 0. The van der Waals surface area contributed by atoms with Gasteiger partial charge in [0.2, 0.25) is 11.8 Å². The number of methoxy groups -OCH3 is 1. The van der Waals surface area contributed by atoms with Crippen LogP contribution in [0.3, 0.4) is 0 Å². The summed E-state index contributed by atoms with van der Waals surface area (Å²) in [6.45, 7) is 1.85. The van der Waals surface area contributed by atoms with Gasteiger partial charge in [0.15, 0.2) is 9.84 Å². The van der Waals surface area contributed by atoms with Crippen molar-refractivity contribution >= 4 is 21.8 Å². The average Bonchev–Trinajstić information content (AvgIpc) is 3.10. The molecule has 0 saturated heterocycles. The van der Waals surface area contributed by atoms with E-state index in [9.17, 15) is 13.2 Å². The Kier molecular flexibility index (Phi) is 5.22. The predicted molar refractivity (Wildman–Crippen MR) is 98.1 cm³/mol. The largest absolute Gasteiger partial charge is 0.497 e. The van der Waals surface area contributed by atoms with Crippen molar-refractivity contribution in [3.8, 4) is 17.2 Å². The fourth-order valence-electron chi connectivity index (χ4n) is 2.28. The van der Waals surface area contributed by atoms with E-state index < -0.39 is 21.5 Å². The number of hydrogen-bond acceptors (Lipinski definition) is 7. The average molecular weight is 387 g/mol. The molecule has 0 aliphatic rings. The fraction of sp³-hybridized carbons (Fsp3) is 0.167. The lowest BCUT2D eigenvalue weighted by molar-refractivity contribution is -0.114. The molecule has 0 atom stereocenters. The van der Waals surface area contributed by atoms with Crippen molar-refractivity contribution in [1.29, 1.82) is 0 Å². The Morgan fingerprint density at radius 3 is 2.37 bits per heavy atom. The highest BCUT2D eigenvalue weighted by molar-refractivity contribution is 7.92. The molecule has 1 aromatic heterocycles. The van der Waals surface area contributed by atoms with Crippen LogP contribution in [0.4, 0.5) is 6.01 Å². The molecule has 1 amide bonds. The van der Waals surface area contributed by atoms with Crippen LogP contribution in [-0.4, -0.2) is 37.4 Å². The van der Waals surface area contributed by atoms with E-state index in [4.69, 9.17) is 9.15 Å². The first-order valence-corrected chi connectivity index (χ1v) is 9.60. The van der Waals surface area contributed by atoms with Crippen molar-refractivity contribution in [1.82, 2.24) is 10.2 Å². The van der Waals surface area contributed by atoms with Gasteiger partial charge in [-0.1, -0.05) is 22.8 Å². The summed E-state index contributed by atoms with van der Waals surface area (Å²) in [5, 5.41) is 9.86. The third kappa shape index (κ3) is 4.50. The van der Waals surface area contributed by atoms with Gasteiger partial charge in [0.1, 0.15) is 11.5 Å². The van der Waals surface area contributed by atoms with Gasteiger partial charge < -0.3 is 9.15 Å². The number of aryl methyl sites for hydroxylation is 1. The lowest BCUT2D eigenvalue weighted by Gasteiger charge is -2.04. The zero-order chi connectivity index (χ0) is 19.4. The van der Waals surface area contributed by atoms with Crippen LogP contribution in [-0.2, 0) is 14.6 Å². The second kappa shape index (κ2) is 7.58. The Hall–Kier alpha value is -3.20. The number of hydrogen-bond donors (Lipinski definition) is 1. The summed E-state index contributed by atoms with van der Waals surface area (Å²) in [7, 11) is -2.21. The van der Waals surface area contributed by atoms with E-state index in [1.807, 2.05) is 6.92 Å². The summed E-state index contributed by atoms with van der Waals surface area (Å²) in [6, 6.07) is 13.0. The van der Waals surface area contributed by atoms with Gasteiger partial charge in [-0.3, -0.25) is 10.1 Å². The maximum Gasteiger partial charge on any atom is 0.322 e. The molecule has 9 heteroatoms. The van der Waals surface area contributed by atoms with Crippen LogP contribution in [0.15, 0.2) is 57.8 Å². The minimum Gasteiger partial charge on any atom is -0.497 e. The van der Waals surface area contributed by atoms with E-state index in [1.165, 1.54) is 12.1 Å². The molecule has 0 radical (unpaired) electrons. The second-order valence-electron chi connectivity index (χ2n) is 5.76. The SMILES string of the molecule is COc1ccc(-c2nnc(NC(=O)CS(=O)(=O)c3ccc(C)cc3)o2)cc1. The van der Waals surface area contributed by atoms with E-state index in [0.717, 1.165) is 5.56 Å². The van der Waals surface area contributed by atoms with Crippen LogP contribution in [0.25, 0.3) is 11.5 Å². The van der Waals surface area contributed by atoms with Crippen LogP contribution in [0.5, 0.6) is 5.75 Å². The molecule has 0 unspecified atom stereocenters. The van der Waals surface area contributed by atoms with Crippen LogP contribution >= 0.6 is 0 Å². The summed E-state index contributed by atoms with van der Waals surface area (Å²) >= 11 is 0. The van der Waals surface area contributed by atoms with Crippen molar-refractivity contribution in [3.05, 3.63) is 54.1 Å². The lowest BCUT2D eigenvalue weighted by atomic mass is 10.2. The van der Waals surface area contributed by atoms with Gasteiger partial charge in [-0.2, -0.15) is 0 Å². The van der Waals surface area contributed by atoms with E-state index >= 15 is 0 Å². The van der Waals surface area contributed by atoms with Gasteiger partial charge in [0.25, 0.3) is 0 Å². The molecule has 0 aliphatic carbocycles. The number of amides is 1. The van der Waals surface area contributed by atoms with Crippen LogP contribution in [0.2, 0.25) is 0 Å². The minimum absolute atomic E-state index is 0.0766. The predicted octanol–water partition coefficient (Wildman–Crippen LogP) is 2.47. The van der Waals surface area contributed by atoms with Gasteiger partial charge in [-0.15, -0.1) is 5.10 Å². The molecule has 140 valence electrons. The monoisotopic (exact) mass is 387 g/mol. The first kappa shape index (κ1) is 18.6. The highest BCUT2D eigenvalue weighted by atomic mass is 32.2. The van der Waals surface area contributed by atoms with Crippen LogP contribution in [0, 0.1) is 6.92 Å². The van der Waals surface area contributed by atoms with Crippen LogP contribution < -0.4 is 10.1 Å². The molecule has 2 aromatic carbocycles. The zero-order valence-corrected chi connectivity index (χ0v) is 15.5. The quantitative estimate of drug-likeness (QED) is 0.691. The first-order chi connectivity index (χ1) is 12.9. The van der Waals surface area contributed by atoms with Crippen molar-refractivity contribution in [3.63, 3.8) is 0 Å². The number of carbonyl (C=O) groups is 1. The molecular formula is C18H17N3O5S. The van der Waals surface area contributed by atoms with E-state index in [0.29, 0.717) is 11.3 Å². The van der Waals surface area contributed by atoms with Crippen LogP contribution in [0.1, 0.15) is 5.56 Å². The topological polar surface area (TPSA) is 111 Å². The lowest BCUT2D eigenvalue weighted by Crippen LogP contribution is -2.23. The summed E-state index contributed by atoms with van der Waals surface area (Å²) in [4.78, 5) is 12.1. The van der Waals surface area contributed by atoms with Gasteiger partial charge >= 0.3 is 6.01 Å². The smallest absolute Gasteiger partial charge is 0.322 e. The molecule has 27 heavy (non-hydrogen) atoms. The first-order valence-electron chi connectivity index (χ1n) is 7.94. The summed E-state index contributed by atoms with van der Waals surface area (Å²) in [5.74, 6) is -0.626. The van der Waals surface area contributed by atoms with Crippen molar-refractivity contribution < 1.29 is 22.4 Å². The molecule has 8 nitrogen and oxygen atoms in total. The second-order valence-corrected chi connectivity index (χ2v) is 7.75. The molecule has 1 heterocycles. The molecule has 0 spiro atoms. The third-order valence-corrected chi connectivity index (χ3v) is 5.34. The molecular weight excluding hydrogens is 370 g/mol. The number of rotatable bonds is 6. The fourth-order valence-corrected chi connectivity index (χ4v) is 3.42. The number of nitrogens with zero attached hydrogens (tertiary/aromatic N) is 2. The number of sulfone groups is 1. The molecule has 0 aliphatic heterocycles. The minimum atomic E-state index is -3.77. The number of ether oxygens (including phenoxy) is 1. The normalized spacial score (nSPS) is 11.2. The standard InChI is InChI=1S/C18H17N3O5S/c1-12-3-9-15(10-4-12)27(23,24)11-16(22)19-18-21-20-17(26-18)13-5-7-14(25-2)8-6-13/h3-10H,11H2,1-2H3,(H,19,21,22). The van der Waals surface area contributed by atoms with E-state index in [1.54, 1.807) is 43.5 Å².